The summed E-state index contributed by atoms with van der Waals surface area (Å²) >= 11 is 0. The monoisotopic (exact) mass is 365 g/mol. The van der Waals surface area contributed by atoms with E-state index in [0.717, 1.165) is 44.5 Å². The highest BCUT2D eigenvalue weighted by molar-refractivity contribution is 6.08. The fraction of sp³-hybridized carbons (Fsp3) is 0.0833. The van der Waals surface area contributed by atoms with E-state index < -0.39 is 0 Å². The Labute approximate surface area is 163 Å². The van der Waals surface area contributed by atoms with E-state index in [4.69, 9.17) is 14.8 Å². The molecular formula is C24H19N3O. The second-order valence-corrected chi connectivity index (χ2v) is 6.87. The van der Waals surface area contributed by atoms with Crippen LogP contribution in [0.15, 0.2) is 79.0 Å². The van der Waals surface area contributed by atoms with Crippen molar-refractivity contribution in [2.45, 2.75) is 6.92 Å². The predicted octanol–water partition coefficient (Wildman–Crippen LogP) is 5.56. The van der Waals surface area contributed by atoms with E-state index in [9.17, 15) is 0 Å². The summed E-state index contributed by atoms with van der Waals surface area (Å²) in [6, 6.07) is 24.6. The van der Waals surface area contributed by atoms with Gasteiger partial charge in [0, 0.05) is 22.5 Å². The maximum absolute atomic E-state index is 5.31. The number of pyridine rings is 1. The molecule has 3 aromatic carbocycles. The number of benzene rings is 3. The molecule has 0 saturated heterocycles. The first kappa shape index (κ1) is 16.5. The van der Waals surface area contributed by atoms with Gasteiger partial charge in [0.15, 0.2) is 0 Å². The fourth-order valence-electron chi connectivity index (χ4n) is 3.61. The van der Waals surface area contributed by atoms with Gasteiger partial charge in [0.05, 0.1) is 23.8 Å². The molecule has 0 N–H and O–H groups in total. The molecule has 0 aliphatic heterocycles. The second-order valence-electron chi connectivity index (χ2n) is 6.87. The van der Waals surface area contributed by atoms with E-state index >= 15 is 0 Å². The van der Waals surface area contributed by atoms with Crippen molar-refractivity contribution in [2.75, 3.05) is 7.11 Å². The second kappa shape index (κ2) is 6.50. The van der Waals surface area contributed by atoms with Gasteiger partial charge < -0.3 is 4.74 Å². The Kier molecular flexibility index (Phi) is 3.83. The standard InChI is InChI=1S/C24H19N3O/c1-16-8-13-20-22(14-16)25-15-21-23(17-6-4-3-5-7-17)26-27(24(20)21)18-9-11-19(28-2)12-10-18/h3-15H,1-2H3. The highest BCUT2D eigenvalue weighted by Gasteiger charge is 2.17. The van der Waals surface area contributed by atoms with Gasteiger partial charge in [-0.15, -0.1) is 0 Å². The van der Waals surface area contributed by atoms with Crippen LogP contribution in [0, 0.1) is 6.92 Å². The number of hydrogen-bond acceptors (Lipinski definition) is 3. The van der Waals surface area contributed by atoms with E-state index in [2.05, 4.69) is 37.3 Å². The molecule has 4 nitrogen and oxygen atoms in total. The molecule has 0 aliphatic carbocycles. The largest absolute Gasteiger partial charge is 0.497 e. The SMILES string of the molecule is COc1ccc(-n2nc(-c3ccccc3)c3cnc4cc(C)ccc4c32)cc1. The van der Waals surface area contributed by atoms with Crippen molar-refractivity contribution < 1.29 is 4.74 Å². The van der Waals surface area contributed by atoms with E-state index in [-0.39, 0.29) is 0 Å². The fourth-order valence-corrected chi connectivity index (χ4v) is 3.61. The molecule has 0 spiro atoms. The lowest BCUT2D eigenvalue weighted by atomic mass is 10.1. The maximum atomic E-state index is 5.31. The molecule has 0 unspecified atom stereocenters. The summed E-state index contributed by atoms with van der Waals surface area (Å²) in [6.45, 7) is 2.08. The lowest BCUT2D eigenvalue weighted by Gasteiger charge is -2.07. The van der Waals surface area contributed by atoms with Crippen molar-refractivity contribution >= 4 is 21.8 Å². The molecule has 28 heavy (non-hydrogen) atoms. The van der Waals surface area contributed by atoms with Gasteiger partial charge in [0.25, 0.3) is 0 Å². The minimum absolute atomic E-state index is 0.825. The first-order valence-corrected chi connectivity index (χ1v) is 9.22. The smallest absolute Gasteiger partial charge is 0.119 e. The molecule has 0 saturated carbocycles. The van der Waals surface area contributed by atoms with Crippen molar-refractivity contribution in [2.24, 2.45) is 0 Å². The molecule has 2 aromatic heterocycles. The molecule has 0 radical (unpaired) electrons. The lowest BCUT2D eigenvalue weighted by molar-refractivity contribution is 0.414. The molecule has 0 atom stereocenters. The topological polar surface area (TPSA) is 39.9 Å². The van der Waals surface area contributed by atoms with Gasteiger partial charge >= 0.3 is 0 Å². The highest BCUT2D eigenvalue weighted by atomic mass is 16.5. The molecule has 0 amide bonds. The Morgan fingerprint density at radius 2 is 1.64 bits per heavy atom. The molecule has 0 fully saturated rings. The zero-order valence-electron chi connectivity index (χ0n) is 15.8. The molecular weight excluding hydrogens is 346 g/mol. The minimum Gasteiger partial charge on any atom is -0.497 e. The van der Waals surface area contributed by atoms with Crippen LogP contribution in [0.4, 0.5) is 0 Å². The van der Waals surface area contributed by atoms with Crippen LogP contribution in [0.3, 0.4) is 0 Å². The van der Waals surface area contributed by atoms with Crippen LogP contribution in [0.25, 0.3) is 38.8 Å². The van der Waals surface area contributed by atoms with Crippen LogP contribution in [-0.2, 0) is 0 Å². The van der Waals surface area contributed by atoms with Crippen molar-refractivity contribution in [3.05, 3.63) is 84.6 Å². The minimum atomic E-state index is 0.825. The summed E-state index contributed by atoms with van der Waals surface area (Å²) in [6.07, 6.45) is 1.94. The summed E-state index contributed by atoms with van der Waals surface area (Å²) in [5, 5.41) is 7.13. The number of nitrogens with zero attached hydrogens (tertiary/aromatic N) is 3. The number of aromatic nitrogens is 3. The number of hydrogen-bond donors (Lipinski definition) is 0. The molecule has 4 heteroatoms. The van der Waals surface area contributed by atoms with Gasteiger partial charge in [-0.1, -0.05) is 42.5 Å². The first-order valence-electron chi connectivity index (χ1n) is 9.22. The predicted molar refractivity (Wildman–Crippen MR) is 113 cm³/mol. The maximum Gasteiger partial charge on any atom is 0.119 e. The Bertz CT molecular complexity index is 1290. The third-order valence-corrected chi connectivity index (χ3v) is 5.03. The number of methoxy groups -OCH3 is 1. The van der Waals surface area contributed by atoms with Gasteiger partial charge in [0.1, 0.15) is 11.4 Å². The average Bonchev–Trinajstić information content (AvgIpc) is 3.14. The molecule has 2 heterocycles. The average molecular weight is 365 g/mol. The molecule has 0 bridgehead atoms. The van der Waals surface area contributed by atoms with E-state index in [1.165, 1.54) is 5.56 Å². The Morgan fingerprint density at radius 1 is 0.857 bits per heavy atom. The van der Waals surface area contributed by atoms with Gasteiger partial charge in [-0.05, 0) is 42.8 Å². The summed E-state index contributed by atoms with van der Waals surface area (Å²) in [5.74, 6) is 0.825. The van der Waals surface area contributed by atoms with Gasteiger partial charge in [-0.2, -0.15) is 5.10 Å². The van der Waals surface area contributed by atoms with Crippen LogP contribution >= 0.6 is 0 Å². The Balaban J connectivity index is 1.86. The molecule has 0 aliphatic rings. The van der Waals surface area contributed by atoms with Crippen molar-refractivity contribution in [1.29, 1.82) is 0 Å². The Hall–Kier alpha value is -3.66. The van der Waals surface area contributed by atoms with Crippen molar-refractivity contribution in [3.63, 3.8) is 0 Å². The van der Waals surface area contributed by atoms with Crippen LogP contribution in [-0.4, -0.2) is 21.9 Å². The number of rotatable bonds is 3. The summed E-state index contributed by atoms with van der Waals surface area (Å²) in [5.41, 5.74) is 6.23. The van der Waals surface area contributed by atoms with E-state index in [1.54, 1.807) is 7.11 Å². The zero-order valence-corrected chi connectivity index (χ0v) is 15.8. The summed E-state index contributed by atoms with van der Waals surface area (Å²) in [7, 11) is 1.67. The van der Waals surface area contributed by atoms with Crippen LogP contribution in [0.1, 0.15) is 5.56 Å². The quantitative estimate of drug-likeness (QED) is 0.420. The third kappa shape index (κ3) is 2.62. The van der Waals surface area contributed by atoms with Crippen LogP contribution in [0.5, 0.6) is 5.75 Å². The zero-order chi connectivity index (χ0) is 19.1. The molecule has 136 valence electrons. The van der Waals surface area contributed by atoms with E-state index in [0.29, 0.717) is 0 Å². The normalized spacial score (nSPS) is 11.2. The first-order chi connectivity index (χ1) is 13.7. The Morgan fingerprint density at radius 3 is 2.39 bits per heavy atom. The van der Waals surface area contributed by atoms with Gasteiger partial charge in [0.2, 0.25) is 0 Å². The van der Waals surface area contributed by atoms with E-state index in [1.807, 2.05) is 53.3 Å². The third-order valence-electron chi connectivity index (χ3n) is 5.03. The summed E-state index contributed by atoms with van der Waals surface area (Å²) < 4.78 is 7.32. The highest BCUT2D eigenvalue weighted by Crippen LogP contribution is 2.34. The van der Waals surface area contributed by atoms with Gasteiger partial charge in [-0.25, -0.2) is 4.68 Å². The number of fused-ring (bicyclic) bond motifs is 3. The van der Waals surface area contributed by atoms with Crippen LogP contribution < -0.4 is 4.74 Å². The number of ether oxygens (including phenoxy) is 1. The summed E-state index contributed by atoms with van der Waals surface area (Å²) in [4.78, 5) is 4.72. The lowest BCUT2D eigenvalue weighted by Crippen LogP contribution is -1.97. The van der Waals surface area contributed by atoms with Crippen molar-refractivity contribution in [3.8, 4) is 22.7 Å². The van der Waals surface area contributed by atoms with Crippen molar-refractivity contribution in [1.82, 2.24) is 14.8 Å². The molecule has 5 aromatic rings. The van der Waals surface area contributed by atoms with Crippen LogP contribution in [0.2, 0.25) is 0 Å². The van der Waals surface area contributed by atoms with Gasteiger partial charge in [-0.3, -0.25) is 4.98 Å². The number of aryl methyl sites for hydroxylation is 1. The molecule has 5 rings (SSSR count).